The normalized spacial score (nSPS) is 13.1. The van der Waals surface area contributed by atoms with Crippen LogP contribution in [-0.2, 0) is 4.57 Å². The van der Waals surface area contributed by atoms with Crippen LogP contribution in [0.1, 0.15) is 41.5 Å². The average Bonchev–Trinajstić information content (AvgIpc) is 2.59. The molecule has 0 aliphatic rings. The minimum Gasteiger partial charge on any atom is -0.318 e. The summed E-state index contributed by atoms with van der Waals surface area (Å²) in [4.78, 5) is 0. The first-order valence-corrected chi connectivity index (χ1v) is 11.4. The van der Waals surface area contributed by atoms with Crippen molar-refractivity contribution in [2.24, 2.45) is 0 Å². The Morgan fingerprint density at radius 2 is 1.30 bits per heavy atom. The van der Waals surface area contributed by atoms with Gasteiger partial charge in [-0.3, -0.25) is 0 Å². The molecule has 142 valence electrons. The minimum atomic E-state index is -2.73. The van der Waals surface area contributed by atoms with Gasteiger partial charge in [0.2, 0.25) is 0 Å². The molecule has 0 unspecified atom stereocenters. The van der Waals surface area contributed by atoms with Crippen LogP contribution in [-0.4, -0.2) is 10.3 Å². The lowest BCUT2D eigenvalue weighted by Gasteiger charge is -2.42. The molecule has 0 spiro atoms. The van der Waals surface area contributed by atoms with E-state index >= 15 is 0 Å². The van der Waals surface area contributed by atoms with E-state index < -0.39 is 7.14 Å². The Bertz CT molecular complexity index is 1000. The van der Waals surface area contributed by atoms with E-state index in [2.05, 4.69) is 71.9 Å². The van der Waals surface area contributed by atoms with Crippen LogP contribution < -0.4 is 5.30 Å². The molecule has 0 aromatic heterocycles. The van der Waals surface area contributed by atoms with Crippen LogP contribution in [0.5, 0.6) is 0 Å². The SMILES string of the molecule is CC(C)(C)P(=O)(c1cccc2ccc(-c3ccc(Cl)cc3)cc12)C(C)(C)C. The van der Waals surface area contributed by atoms with E-state index in [0.717, 1.165) is 32.2 Å². The van der Waals surface area contributed by atoms with Gasteiger partial charge >= 0.3 is 0 Å². The summed E-state index contributed by atoms with van der Waals surface area (Å²) < 4.78 is 14.5. The quantitative estimate of drug-likeness (QED) is 0.403. The summed E-state index contributed by atoms with van der Waals surface area (Å²) >= 11 is 6.04. The molecule has 0 aliphatic carbocycles. The van der Waals surface area contributed by atoms with Crippen LogP contribution in [0.25, 0.3) is 21.9 Å². The zero-order valence-electron chi connectivity index (χ0n) is 17.0. The molecule has 0 aliphatic heterocycles. The second-order valence-corrected chi connectivity index (χ2v) is 14.0. The van der Waals surface area contributed by atoms with Gasteiger partial charge in [-0.1, -0.05) is 95.6 Å². The van der Waals surface area contributed by atoms with E-state index in [9.17, 15) is 4.57 Å². The minimum absolute atomic E-state index is 0.324. The van der Waals surface area contributed by atoms with E-state index in [1.54, 1.807) is 0 Å². The Morgan fingerprint density at radius 1 is 0.741 bits per heavy atom. The number of halogens is 1. The van der Waals surface area contributed by atoms with E-state index in [0.29, 0.717) is 0 Å². The highest BCUT2D eigenvalue weighted by Crippen LogP contribution is 2.66. The van der Waals surface area contributed by atoms with Crippen molar-refractivity contribution >= 4 is 34.8 Å². The van der Waals surface area contributed by atoms with Crippen molar-refractivity contribution in [2.75, 3.05) is 0 Å². The van der Waals surface area contributed by atoms with Gasteiger partial charge < -0.3 is 4.57 Å². The third-order valence-electron chi connectivity index (χ3n) is 5.27. The highest BCUT2D eigenvalue weighted by atomic mass is 35.5. The summed E-state index contributed by atoms with van der Waals surface area (Å²) in [5.74, 6) is 0. The maximum Gasteiger partial charge on any atom is 0.126 e. The lowest BCUT2D eigenvalue weighted by atomic mass is 10.0. The monoisotopic (exact) mass is 398 g/mol. The third kappa shape index (κ3) is 3.48. The van der Waals surface area contributed by atoms with Crippen LogP contribution in [0, 0.1) is 0 Å². The van der Waals surface area contributed by atoms with Crippen molar-refractivity contribution in [3.05, 3.63) is 65.7 Å². The van der Waals surface area contributed by atoms with Crippen LogP contribution in [0.2, 0.25) is 5.02 Å². The van der Waals surface area contributed by atoms with Crippen molar-refractivity contribution < 1.29 is 4.57 Å². The molecule has 3 aromatic carbocycles. The Kier molecular flexibility index (Phi) is 5.08. The summed E-state index contributed by atoms with van der Waals surface area (Å²) in [6.45, 7) is 12.6. The molecule has 0 atom stereocenters. The van der Waals surface area contributed by atoms with Crippen molar-refractivity contribution in [3.8, 4) is 11.1 Å². The van der Waals surface area contributed by atoms with Crippen molar-refractivity contribution in [1.82, 2.24) is 0 Å². The van der Waals surface area contributed by atoms with Gasteiger partial charge in [-0.2, -0.15) is 0 Å². The smallest absolute Gasteiger partial charge is 0.126 e. The first-order valence-electron chi connectivity index (χ1n) is 9.35. The number of fused-ring (bicyclic) bond motifs is 1. The predicted molar refractivity (Wildman–Crippen MR) is 121 cm³/mol. The molecular formula is C24H28ClOP. The highest BCUT2D eigenvalue weighted by Gasteiger charge is 2.48. The summed E-state index contributed by atoms with van der Waals surface area (Å²) in [5, 5.41) is 3.27. The van der Waals surface area contributed by atoms with E-state index in [1.807, 2.05) is 30.3 Å². The zero-order valence-corrected chi connectivity index (χ0v) is 18.7. The molecule has 0 saturated carbocycles. The summed E-state index contributed by atoms with van der Waals surface area (Å²) in [7, 11) is -2.73. The zero-order chi connectivity index (χ0) is 20.0. The Balaban J connectivity index is 2.32. The van der Waals surface area contributed by atoms with Crippen molar-refractivity contribution in [2.45, 2.75) is 51.9 Å². The Labute approximate surface area is 168 Å². The molecule has 0 saturated heterocycles. The molecule has 0 fully saturated rings. The number of hydrogen-bond donors (Lipinski definition) is 0. The maximum absolute atomic E-state index is 14.5. The molecule has 0 bridgehead atoms. The van der Waals surface area contributed by atoms with Gasteiger partial charge in [-0.15, -0.1) is 0 Å². The maximum atomic E-state index is 14.5. The summed E-state index contributed by atoms with van der Waals surface area (Å²) in [5.41, 5.74) is 2.22. The summed E-state index contributed by atoms with van der Waals surface area (Å²) in [6, 6.07) is 20.5. The molecular weight excluding hydrogens is 371 g/mol. The van der Waals surface area contributed by atoms with Gasteiger partial charge in [-0.25, -0.2) is 0 Å². The fourth-order valence-corrected chi connectivity index (χ4v) is 8.49. The standard InChI is InChI=1S/C24H28ClOP/c1-23(2,3)27(26,24(4,5)6)22-9-7-8-18-10-11-19(16-21(18)22)17-12-14-20(25)15-13-17/h7-16H,1-6H3. The molecule has 3 rings (SSSR count). The molecule has 0 heterocycles. The molecule has 3 heteroatoms. The van der Waals surface area contributed by atoms with E-state index in [4.69, 9.17) is 11.6 Å². The number of hydrogen-bond acceptors (Lipinski definition) is 1. The fourth-order valence-electron chi connectivity index (χ4n) is 4.08. The number of benzene rings is 3. The second kappa shape index (κ2) is 6.80. The second-order valence-electron chi connectivity index (χ2n) is 9.17. The molecule has 27 heavy (non-hydrogen) atoms. The first-order chi connectivity index (χ1) is 12.4. The molecule has 3 aromatic rings. The lowest BCUT2D eigenvalue weighted by molar-refractivity contribution is 0.528. The first kappa shape index (κ1) is 20.2. The van der Waals surface area contributed by atoms with Gasteiger partial charge in [0.1, 0.15) is 7.14 Å². The van der Waals surface area contributed by atoms with Gasteiger partial charge in [0.25, 0.3) is 0 Å². The average molecular weight is 399 g/mol. The van der Waals surface area contributed by atoms with Crippen molar-refractivity contribution in [1.29, 1.82) is 0 Å². The van der Waals surface area contributed by atoms with Crippen LogP contribution in [0.4, 0.5) is 0 Å². The molecule has 0 N–H and O–H groups in total. The van der Waals surface area contributed by atoms with E-state index in [1.165, 1.54) is 0 Å². The van der Waals surface area contributed by atoms with Crippen molar-refractivity contribution in [3.63, 3.8) is 0 Å². The van der Waals surface area contributed by atoms with Crippen LogP contribution >= 0.6 is 18.7 Å². The lowest BCUT2D eigenvalue weighted by Crippen LogP contribution is -2.35. The number of rotatable bonds is 2. The van der Waals surface area contributed by atoms with Crippen LogP contribution in [0.15, 0.2) is 60.7 Å². The predicted octanol–water partition coefficient (Wildman–Crippen LogP) is 7.75. The van der Waals surface area contributed by atoms with Gasteiger partial charge in [0.05, 0.1) is 0 Å². The molecule has 0 radical (unpaired) electrons. The topological polar surface area (TPSA) is 17.1 Å². The largest absolute Gasteiger partial charge is 0.318 e. The Morgan fingerprint density at radius 3 is 1.85 bits per heavy atom. The van der Waals surface area contributed by atoms with Gasteiger partial charge in [0, 0.05) is 20.6 Å². The fraction of sp³-hybridized carbons (Fsp3) is 0.333. The van der Waals surface area contributed by atoms with E-state index in [-0.39, 0.29) is 10.3 Å². The molecule has 0 amide bonds. The van der Waals surface area contributed by atoms with Gasteiger partial charge in [-0.05, 0) is 40.1 Å². The Hall–Kier alpha value is -1.56. The molecule has 1 nitrogen and oxygen atoms in total. The summed E-state index contributed by atoms with van der Waals surface area (Å²) in [6.07, 6.45) is 0. The third-order valence-corrected chi connectivity index (χ3v) is 10.4. The van der Waals surface area contributed by atoms with Crippen LogP contribution in [0.3, 0.4) is 0 Å². The highest BCUT2D eigenvalue weighted by molar-refractivity contribution is 7.74. The van der Waals surface area contributed by atoms with Gasteiger partial charge in [0.15, 0.2) is 0 Å².